The first-order valence-electron chi connectivity index (χ1n) is 6.35. The molecule has 0 aliphatic rings. The van der Waals surface area contributed by atoms with E-state index in [4.69, 9.17) is 0 Å². The smallest absolute Gasteiger partial charge is 0.158 e. The van der Waals surface area contributed by atoms with E-state index < -0.39 is 0 Å². The first-order valence-corrected chi connectivity index (χ1v) is 6.35. The molecule has 2 aromatic heterocycles. The average molecular weight is 245 g/mol. The number of nitrogens with zero attached hydrogens (tertiary/aromatic N) is 4. The number of aryl methyl sites for hydroxylation is 2. The van der Waals surface area contributed by atoms with Crippen LogP contribution in [0.4, 0.5) is 5.82 Å². The Labute approximate surface area is 107 Å². The maximum absolute atomic E-state index is 4.55. The summed E-state index contributed by atoms with van der Waals surface area (Å²) >= 11 is 0. The van der Waals surface area contributed by atoms with Gasteiger partial charge in [0, 0.05) is 38.5 Å². The van der Waals surface area contributed by atoms with Gasteiger partial charge in [0.1, 0.15) is 17.3 Å². The molecule has 0 radical (unpaired) electrons. The molecule has 18 heavy (non-hydrogen) atoms. The van der Waals surface area contributed by atoms with Gasteiger partial charge in [0.05, 0.1) is 0 Å². The predicted octanol–water partition coefficient (Wildman–Crippen LogP) is 2.35. The number of hydrogen-bond acceptors (Lipinski definition) is 4. The van der Waals surface area contributed by atoms with Crippen molar-refractivity contribution in [2.75, 3.05) is 12.4 Å². The Morgan fingerprint density at radius 3 is 2.78 bits per heavy atom. The Morgan fingerprint density at radius 2 is 2.11 bits per heavy atom. The number of anilines is 1. The van der Waals surface area contributed by atoms with Gasteiger partial charge in [-0.2, -0.15) is 0 Å². The van der Waals surface area contributed by atoms with Gasteiger partial charge in [-0.05, 0) is 6.42 Å². The highest BCUT2D eigenvalue weighted by Gasteiger charge is 2.10. The quantitative estimate of drug-likeness (QED) is 0.878. The summed E-state index contributed by atoms with van der Waals surface area (Å²) in [7, 11) is 1.87. The van der Waals surface area contributed by atoms with Gasteiger partial charge in [-0.3, -0.25) is 0 Å². The summed E-state index contributed by atoms with van der Waals surface area (Å²) < 4.78 is 2.13. The number of nitrogens with one attached hydrogen (secondary N) is 1. The molecule has 96 valence electrons. The van der Waals surface area contributed by atoms with E-state index in [0.717, 1.165) is 42.5 Å². The van der Waals surface area contributed by atoms with Crippen molar-refractivity contribution in [1.29, 1.82) is 0 Å². The van der Waals surface area contributed by atoms with Crippen LogP contribution >= 0.6 is 0 Å². The van der Waals surface area contributed by atoms with E-state index >= 15 is 0 Å². The lowest BCUT2D eigenvalue weighted by atomic mass is 10.3. The van der Waals surface area contributed by atoms with Crippen LogP contribution in [0.3, 0.4) is 0 Å². The van der Waals surface area contributed by atoms with Crippen molar-refractivity contribution in [2.24, 2.45) is 0 Å². The van der Waals surface area contributed by atoms with E-state index in [1.807, 2.05) is 25.5 Å². The van der Waals surface area contributed by atoms with E-state index in [1.165, 1.54) is 0 Å². The molecule has 0 spiro atoms. The maximum Gasteiger partial charge on any atom is 0.158 e. The predicted molar refractivity (Wildman–Crippen MR) is 72.5 cm³/mol. The summed E-state index contributed by atoms with van der Waals surface area (Å²) in [6, 6.07) is 1.94. The molecule has 5 heteroatoms. The van der Waals surface area contributed by atoms with Gasteiger partial charge in [0.2, 0.25) is 0 Å². The fourth-order valence-electron chi connectivity index (χ4n) is 1.86. The lowest BCUT2D eigenvalue weighted by molar-refractivity contribution is 0.683. The summed E-state index contributed by atoms with van der Waals surface area (Å²) in [5.74, 6) is 2.58. The molecule has 0 aromatic carbocycles. The number of imidazole rings is 1. The first-order chi connectivity index (χ1) is 8.78. The van der Waals surface area contributed by atoms with Gasteiger partial charge in [0.25, 0.3) is 0 Å². The van der Waals surface area contributed by atoms with E-state index in [9.17, 15) is 0 Å². The highest BCUT2D eigenvalue weighted by Crippen LogP contribution is 2.18. The molecular weight excluding hydrogens is 226 g/mol. The van der Waals surface area contributed by atoms with Crippen molar-refractivity contribution in [3.8, 4) is 11.5 Å². The molecule has 2 rings (SSSR count). The van der Waals surface area contributed by atoms with Gasteiger partial charge in [-0.15, -0.1) is 0 Å². The molecule has 1 N–H and O–H groups in total. The maximum atomic E-state index is 4.55. The van der Waals surface area contributed by atoms with Gasteiger partial charge in [-0.1, -0.05) is 13.8 Å². The largest absolute Gasteiger partial charge is 0.373 e. The van der Waals surface area contributed by atoms with Crippen LogP contribution in [0.15, 0.2) is 18.5 Å². The molecule has 2 heterocycles. The SMILES string of the molecule is CCCn1ccnc1-c1cc(NC)nc(CC)n1. The van der Waals surface area contributed by atoms with Crippen LogP contribution in [0.2, 0.25) is 0 Å². The molecule has 0 bridgehead atoms. The van der Waals surface area contributed by atoms with Crippen molar-refractivity contribution in [1.82, 2.24) is 19.5 Å². The zero-order valence-corrected chi connectivity index (χ0v) is 11.1. The minimum absolute atomic E-state index is 0.816. The number of hydrogen-bond donors (Lipinski definition) is 1. The minimum atomic E-state index is 0.816. The molecule has 2 aromatic rings. The van der Waals surface area contributed by atoms with Crippen molar-refractivity contribution in [3.05, 3.63) is 24.3 Å². The minimum Gasteiger partial charge on any atom is -0.373 e. The molecular formula is C13H19N5. The second-order valence-electron chi connectivity index (χ2n) is 4.10. The van der Waals surface area contributed by atoms with Crippen LogP contribution < -0.4 is 5.32 Å². The van der Waals surface area contributed by atoms with E-state index in [-0.39, 0.29) is 0 Å². The topological polar surface area (TPSA) is 55.6 Å². The summed E-state index contributed by atoms with van der Waals surface area (Å²) in [6.07, 6.45) is 5.70. The van der Waals surface area contributed by atoms with Crippen LogP contribution in [0.5, 0.6) is 0 Å². The third-order valence-corrected chi connectivity index (χ3v) is 2.75. The fourth-order valence-corrected chi connectivity index (χ4v) is 1.86. The zero-order chi connectivity index (χ0) is 13.0. The van der Waals surface area contributed by atoms with Gasteiger partial charge in [0.15, 0.2) is 5.82 Å². The molecule has 0 unspecified atom stereocenters. The third kappa shape index (κ3) is 2.50. The Balaban J connectivity index is 2.45. The highest BCUT2D eigenvalue weighted by molar-refractivity contribution is 5.55. The van der Waals surface area contributed by atoms with Crippen LogP contribution in [0, 0.1) is 0 Å². The zero-order valence-electron chi connectivity index (χ0n) is 11.1. The molecule has 0 aliphatic heterocycles. The van der Waals surface area contributed by atoms with Crippen molar-refractivity contribution >= 4 is 5.82 Å². The highest BCUT2D eigenvalue weighted by atomic mass is 15.1. The summed E-state index contributed by atoms with van der Waals surface area (Å²) in [4.78, 5) is 13.3. The molecule has 0 atom stereocenters. The second-order valence-corrected chi connectivity index (χ2v) is 4.10. The van der Waals surface area contributed by atoms with Crippen molar-refractivity contribution in [3.63, 3.8) is 0 Å². The van der Waals surface area contributed by atoms with Gasteiger partial charge >= 0.3 is 0 Å². The average Bonchev–Trinajstić information content (AvgIpc) is 2.87. The molecule has 0 fully saturated rings. The molecule has 5 nitrogen and oxygen atoms in total. The Bertz CT molecular complexity index is 496. The van der Waals surface area contributed by atoms with Crippen LogP contribution in [0.1, 0.15) is 26.1 Å². The summed E-state index contributed by atoms with van der Waals surface area (Å²) in [6.45, 7) is 5.16. The second kappa shape index (κ2) is 5.62. The monoisotopic (exact) mass is 245 g/mol. The van der Waals surface area contributed by atoms with Crippen LogP contribution in [-0.4, -0.2) is 26.6 Å². The number of rotatable bonds is 5. The fraction of sp³-hybridized carbons (Fsp3) is 0.462. The molecule has 0 aliphatic carbocycles. The molecule has 0 saturated carbocycles. The van der Waals surface area contributed by atoms with E-state index in [0.29, 0.717) is 0 Å². The summed E-state index contributed by atoms with van der Waals surface area (Å²) in [5, 5.41) is 3.07. The Kier molecular flexibility index (Phi) is 3.92. The Hall–Kier alpha value is -1.91. The van der Waals surface area contributed by atoms with Crippen LogP contribution in [-0.2, 0) is 13.0 Å². The van der Waals surface area contributed by atoms with Crippen LogP contribution in [0.25, 0.3) is 11.5 Å². The van der Waals surface area contributed by atoms with E-state index in [1.54, 1.807) is 0 Å². The van der Waals surface area contributed by atoms with Gasteiger partial charge in [-0.25, -0.2) is 15.0 Å². The first kappa shape index (κ1) is 12.5. The molecule has 0 amide bonds. The third-order valence-electron chi connectivity index (χ3n) is 2.75. The summed E-state index contributed by atoms with van der Waals surface area (Å²) in [5.41, 5.74) is 0.879. The van der Waals surface area contributed by atoms with E-state index in [2.05, 4.69) is 38.7 Å². The molecule has 0 saturated heterocycles. The normalized spacial score (nSPS) is 10.6. The lowest BCUT2D eigenvalue weighted by Crippen LogP contribution is -2.04. The van der Waals surface area contributed by atoms with Crippen molar-refractivity contribution < 1.29 is 0 Å². The lowest BCUT2D eigenvalue weighted by Gasteiger charge is -2.08. The van der Waals surface area contributed by atoms with Gasteiger partial charge < -0.3 is 9.88 Å². The van der Waals surface area contributed by atoms with Crippen molar-refractivity contribution in [2.45, 2.75) is 33.2 Å². The number of aromatic nitrogens is 4. The standard InChI is InChI=1S/C13H19N5/c1-4-7-18-8-6-15-13(18)10-9-12(14-3)17-11(5-2)16-10/h6,8-9H,4-5,7H2,1-3H3,(H,14,16,17). The Morgan fingerprint density at radius 1 is 1.28 bits per heavy atom.